The first-order valence-electron chi connectivity index (χ1n) is 5.60. The largest absolute Gasteiger partial charge is 0.391 e. The highest BCUT2D eigenvalue weighted by molar-refractivity contribution is 7.99. The van der Waals surface area contributed by atoms with Crippen LogP contribution in [0.3, 0.4) is 0 Å². The Balaban J connectivity index is 2.44. The molecular formula is C13H18NO2S. The van der Waals surface area contributed by atoms with Gasteiger partial charge in [-0.05, 0) is 25.1 Å². The van der Waals surface area contributed by atoms with E-state index in [4.69, 9.17) is 0 Å². The van der Waals surface area contributed by atoms with E-state index >= 15 is 0 Å². The minimum Gasteiger partial charge on any atom is -0.391 e. The van der Waals surface area contributed by atoms with Gasteiger partial charge in [-0.1, -0.05) is 25.1 Å². The summed E-state index contributed by atoms with van der Waals surface area (Å²) in [6, 6.07) is 9.40. The second-order valence-corrected chi connectivity index (χ2v) is 5.07. The second-order valence-electron chi connectivity index (χ2n) is 3.98. The maximum atomic E-state index is 10.6. The lowest BCUT2D eigenvalue weighted by atomic mass is 10.0. The summed E-state index contributed by atoms with van der Waals surface area (Å²) in [5.41, 5.74) is 0. The van der Waals surface area contributed by atoms with E-state index in [1.54, 1.807) is 18.8 Å². The summed E-state index contributed by atoms with van der Waals surface area (Å²) in [6.07, 6.45) is 1.11. The molecule has 1 rings (SSSR count). The molecule has 0 saturated heterocycles. The fourth-order valence-corrected chi connectivity index (χ4v) is 2.47. The van der Waals surface area contributed by atoms with Crippen LogP contribution in [0.15, 0.2) is 35.2 Å². The van der Waals surface area contributed by atoms with Crippen LogP contribution in [0, 0.1) is 5.92 Å². The van der Waals surface area contributed by atoms with Crippen LogP contribution in [0.25, 0.3) is 0 Å². The van der Waals surface area contributed by atoms with Gasteiger partial charge in [-0.2, -0.15) is 0 Å². The van der Waals surface area contributed by atoms with Crippen LogP contribution in [0.5, 0.6) is 0 Å². The van der Waals surface area contributed by atoms with Gasteiger partial charge >= 0.3 is 0 Å². The van der Waals surface area contributed by atoms with Gasteiger partial charge < -0.3 is 10.4 Å². The van der Waals surface area contributed by atoms with Crippen LogP contribution in [-0.4, -0.2) is 36.3 Å². The Labute approximate surface area is 107 Å². The summed E-state index contributed by atoms with van der Waals surface area (Å²) < 4.78 is 0. The predicted octanol–water partition coefficient (Wildman–Crippen LogP) is 1.47. The molecule has 17 heavy (non-hydrogen) atoms. The van der Waals surface area contributed by atoms with Crippen molar-refractivity contribution in [1.29, 1.82) is 0 Å². The van der Waals surface area contributed by atoms with Crippen LogP contribution in [0.2, 0.25) is 0 Å². The molecule has 93 valence electrons. The monoisotopic (exact) mass is 252 g/mol. The number of thioether (sulfide) groups is 1. The quantitative estimate of drug-likeness (QED) is 0.722. The molecule has 0 aliphatic carbocycles. The number of benzene rings is 1. The number of nitrogens with one attached hydrogen (secondary N) is 1. The average Bonchev–Trinajstić information content (AvgIpc) is 2.38. The highest BCUT2D eigenvalue weighted by atomic mass is 32.2. The SMILES string of the molecule is CN[C@H]([C]=O)[C@H](O)C(C)CSc1ccccc1. The third kappa shape index (κ3) is 4.50. The number of hydrogen-bond acceptors (Lipinski definition) is 4. The van der Waals surface area contributed by atoms with E-state index in [0.29, 0.717) is 0 Å². The molecule has 1 unspecified atom stereocenters. The standard InChI is InChI=1S/C13H18NO2S/c1-10(13(16)12(8-15)14-2)9-17-11-6-4-3-5-7-11/h3-7,10,12-14,16H,9H2,1-2H3/t10?,12-,13-/m1/s1. The lowest BCUT2D eigenvalue weighted by Crippen LogP contribution is -2.43. The highest BCUT2D eigenvalue weighted by Gasteiger charge is 2.23. The molecule has 0 fully saturated rings. The van der Waals surface area contributed by atoms with E-state index < -0.39 is 12.1 Å². The summed E-state index contributed by atoms with van der Waals surface area (Å²) >= 11 is 1.68. The van der Waals surface area contributed by atoms with Crippen LogP contribution in [-0.2, 0) is 4.79 Å². The Bertz CT molecular complexity index is 331. The number of carbonyl (C=O) groups excluding carboxylic acids is 1. The first-order valence-corrected chi connectivity index (χ1v) is 6.58. The average molecular weight is 252 g/mol. The summed E-state index contributed by atoms with van der Waals surface area (Å²) in [5, 5.41) is 12.7. The maximum absolute atomic E-state index is 10.6. The van der Waals surface area contributed by atoms with Gasteiger partial charge in [0, 0.05) is 10.6 Å². The summed E-state index contributed by atoms with van der Waals surface area (Å²) in [7, 11) is 1.65. The molecule has 3 atom stereocenters. The van der Waals surface area contributed by atoms with Crippen LogP contribution in [0.1, 0.15) is 6.92 Å². The van der Waals surface area contributed by atoms with Gasteiger partial charge in [0.1, 0.15) is 6.04 Å². The van der Waals surface area contributed by atoms with Crippen molar-refractivity contribution in [3.8, 4) is 0 Å². The summed E-state index contributed by atoms with van der Waals surface area (Å²) in [6.45, 7) is 1.93. The number of rotatable bonds is 7. The zero-order valence-electron chi connectivity index (χ0n) is 10.1. The molecule has 0 saturated carbocycles. The molecule has 0 aliphatic rings. The van der Waals surface area contributed by atoms with Crippen LogP contribution < -0.4 is 5.32 Å². The van der Waals surface area contributed by atoms with E-state index in [-0.39, 0.29) is 5.92 Å². The third-order valence-electron chi connectivity index (χ3n) is 2.62. The normalized spacial score (nSPS) is 16.2. The topological polar surface area (TPSA) is 49.3 Å². The molecule has 0 amide bonds. The molecule has 0 bridgehead atoms. The van der Waals surface area contributed by atoms with E-state index in [9.17, 15) is 9.90 Å². The molecule has 0 aliphatic heterocycles. The van der Waals surface area contributed by atoms with Gasteiger partial charge in [-0.3, -0.25) is 4.79 Å². The van der Waals surface area contributed by atoms with E-state index in [0.717, 1.165) is 5.75 Å². The van der Waals surface area contributed by atoms with Crippen LogP contribution in [0.4, 0.5) is 0 Å². The Morgan fingerprint density at radius 2 is 2.06 bits per heavy atom. The van der Waals surface area contributed by atoms with Crippen molar-refractivity contribution in [2.45, 2.75) is 24.0 Å². The van der Waals surface area contributed by atoms with Crippen molar-refractivity contribution in [3.63, 3.8) is 0 Å². The number of aliphatic hydroxyl groups excluding tert-OH is 1. The predicted molar refractivity (Wildman–Crippen MR) is 70.9 cm³/mol. The van der Waals surface area contributed by atoms with Gasteiger partial charge in [-0.15, -0.1) is 11.8 Å². The van der Waals surface area contributed by atoms with E-state index in [2.05, 4.69) is 5.32 Å². The molecule has 0 heterocycles. The van der Waals surface area contributed by atoms with E-state index in [1.807, 2.05) is 43.5 Å². The molecular weight excluding hydrogens is 234 g/mol. The summed E-state index contributed by atoms with van der Waals surface area (Å²) in [4.78, 5) is 11.8. The molecule has 0 aromatic heterocycles. The van der Waals surface area contributed by atoms with Crippen molar-refractivity contribution in [3.05, 3.63) is 30.3 Å². The Hall–Kier alpha value is -0.840. The van der Waals surface area contributed by atoms with Gasteiger partial charge in [0.05, 0.1) is 6.10 Å². The minimum atomic E-state index is -0.700. The first kappa shape index (κ1) is 14.2. The fraction of sp³-hybridized carbons (Fsp3) is 0.462. The lowest BCUT2D eigenvalue weighted by Gasteiger charge is -2.22. The Morgan fingerprint density at radius 3 is 2.59 bits per heavy atom. The second kappa shape index (κ2) is 7.48. The maximum Gasteiger partial charge on any atom is 0.219 e. The molecule has 1 aromatic carbocycles. The van der Waals surface area contributed by atoms with E-state index in [1.165, 1.54) is 4.90 Å². The Kier molecular flexibility index (Phi) is 6.26. The number of likely N-dealkylation sites (N-methyl/N-ethyl adjacent to an activating group) is 1. The molecule has 3 nitrogen and oxygen atoms in total. The van der Waals surface area contributed by atoms with Gasteiger partial charge in [0.2, 0.25) is 6.29 Å². The molecule has 4 heteroatoms. The molecule has 1 aromatic rings. The van der Waals surface area contributed by atoms with Crippen molar-refractivity contribution in [1.82, 2.24) is 5.32 Å². The Morgan fingerprint density at radius 1 is 1.41 bits per heavy atom. The van der Waals surface area contributed by atoms with Crippen molar-refractivity contribution in [2.75, 3.05) is 12.8 Å². The smallest absolute Gasteiger partial charge is 0.219 e. The van der Waals surface area contributed by atoms with Gasteiger partial charge in [0.25, 0.3) is 0 Å². The highest BCUT2D eigenvalue weighted by Crippen LogP contribution is 2.22. The zero-order valence-corrected chi connectivity index (χ0v) is 10.9. The van der Waals surface area contributed by atoms with Gasteiger partial charge in [-0.25, -0.2) is 0 Å². The van der Waals surface area contributed by atoms with Crippen molar-refractivity contribution >= 4 is 18.0 Å². The van der Waals surface area contributed by atoms with Gasteiger partial charge in [0.15, 0.2) is 0 Å². The van der Waals surface area contributed by atoms with Crippen LogP contribution >= 0.6 is 11.8 Å². The molecule has 0 spiro atoms. The minimum absolute atomic E-state index is 0.0270. The zero-order chi connectivity index (χ0) is 12.7. The first-order chi connectivity index (χ1) is 8.19. The number of hydrogen-bond donors (Lipinski definition) is 2. The van der Waals surface area contributed by atoms with Crippen molar-refractivity contribution < 1.29 is 9.90 Å². The molecule has 2 N–H and O–H groups in total. The summed E-state index contributed by atoms with van der Waals surface area (Å²) in [5.74, 6) is 0.796. The molecule has 1 radical (unpaired) electrons. The van der Waals surface area contributed by atoms with Crippen molar-refractivity contribution in [2.24, 2.45) is 5.92 Å². The number of aliphatic hydroxyl groups is 1. The lowest BCUT2D eigenvalue weighted by molar-refractivity contribution is 0.109. The fourth-order valence-electron chi connectivity index (χ4n) is 1.47. The third-order valence-corrected chi connectivity index (χ3v) is 3.92.